The molecule has 1 fully saturated rings. The molecule has 0 bridgehead atoms. The molecule has 3 heteroatoms. The molecule has 3 heterocycles. The third-order valence-corrected chi connectivity index (χ3v) is 4.51. The third-order valence-electron chi connectivity index (χ3n) is 4.51. The Balaban J connectivity index is 1.90. The first-order valence-electron chi connectivity index (χ1n) is 7.49. The molecule has 0 amide bonds. The average Bonchev–Trinajstić information content (AvgIpc) is 2.93. The van der Waals surface area contributed by atoms with Crippen LogP contribution in [0.4, 0.5) is 0 Å². The Morgan fingerprint density at radius 3 is 2.74 bits per heavy atom. The van der Waals surface area contributed by atoms with E-state index in [0.717, 1.165) is 18.0 Å². The second-order valence-electron chi connectivity index (χ2n) is 5.51. The molecule has 2 aromatic rings. The summed E-state index contributed by atoms with van der Waals surface area (Å²) in [4.78, 5) is 6.95. The molecule has 0 unspecified atom stereocenters. The van der Waals surface area contributed by atoms with Crippen LogP contribution in [0.1, 0.15) is 43.7 Å². The van der Waals surface area contributed by atoms with Gasteiger partial charge in [-0.25, -0.2) is 4.98 Å². The SMILES string of the molecule is CCc1cc2nccn2cc1C1CCN(CC)CC1. The van der Waals surface area contributed by atoms with Crippen molar-refractivity contribution in [1.29, 1.82) is 0 Å². The minimum absolute atomic E-state index is 0.726. The van der Waals surface area contributed by atoms with E-state index in [2.05, 4.69) is 46.6 Å². The molecular weight excluding hydrogens is 234 g/mol. The molecule has 0 spiro atoms. The van der Waals surface area contributed by atoms with E-state index in [9.17, 15) is 0 Å². The van der Waals surface area contributed by atoms with Gasteiger partial charge in [0.25, 0.3) is 0 Å². The Hall–Kier alpha value is -1.35. The van der Waals surface area contributed by atoms with Crippen molar-refractivity contribution in [1.82, 2.24) is 14.3 Å². The molecule has 0 atom stereocenters. The number of rotatable bonds is 3. The van der Waals surface area contributed by atoms with E-state index in [4.69, 9.17) is 0 Å². The molecule has 19 heavy (non-hydrogen) atoms. The lowest BCUT2D eigenvalue weighted by Gasteiger charge is -2.32. The molecule has 2 aromatic heterocycles. The summed E-state index contributed by atoms with van der Waals surface area (Å²) in [5, 5.41) is 0. The van der Waals surface area contributed by atoms with Crippen molar-refractivity contribution in [3.63, 3.8) is 0 Å². The molecular formula is C16H23N3. The lowest BCUT2D eigenvalue weighted by atomic mass is 9.87. The van der Waals surface area contributed by atoms with Crippen LogP contribution in [0.15, 0.2) is 24.7 Å². The number of pyridine rings is 1. The Bertz CT molecular complexity index is 550. The van der Waals surface area contributed by atoms with E-state index in [0.29, 0.717) is 0 Å². The van der Waals surface area contributed by atoms with Gasteiger partial charge in [-0.15, -0.1) is 0 Å². The number of aryl methyl sites for hydroxylation is 1. The number of likely N-dealkylation sites (tertiary alicyclic amines) is 1. The first-order valence-corrected chi connectivity index (χ1v) is 7.49. The van der Waals surface area contributed by atoms with Gasteiger partial charge in [0.15, 0.2) is 0 Å². The van der Waals surface area contributed by atoms with E-state index in [1.807, 2.05) is 6.20 Å². The van der Waals surface area contributed by atoms with E-state index in [-0.39, 0.29) is 0 Å². The summed E-state index contributed by atoms with van der Waals surface area (Å²) in [6.07, 6.45) is 9.94. The maximum Gasteiger partial charge on any atom is 0.136 e. The van der Waals surface area contributed by atoms with Crippen molar-refractivity contribution in [3.05, 3.63) is 35.8 Å². The van der Waals surface area contributed by atoms with Crippen molar-refractivity contribution in [2.24, 2.45) is 0 Å². The fraction of sp³-hybridized carbons (Fsp3) is 0.562. The van der Waals surface area contributed by atoms with Crippen LogP contribution in [-0.2, 0) is 6.42 Å². The highest BCUT2D eigenvalue weighted by atomic mass is 15.1. The van der Waals surface area contributed by atoms with Gasteiger partial charge in [-0.1, -0.05) is 13.8 Å². The Kier molecular flexibility index (Phi) is 3.56. The number of hydrogen-bond acceptors (Lipinski definition) is 2. The van der Waals surface area contributed by atoms with Crippen molar-refractivity contribution in [3.8, 4) is 0 Å². The van der Waals surface area contributed by atoms with Crippen molar-refractivity contribution < 1.29 is 0 Å². The monoisotopic (exact) mass is 257 g/mol. The van der Waals surface area contributed by atoms with Crippen LogP contribution in [0.3, 0.4) is 0 Å². The van der Waals surface area contributed by atoms with E-state index in [1.54, 1.807) is 5.56 Å². The van der Waals surface area contributed by atoms with Crippen LogP contribution in [0.25, 0.3) is 5.65 Å². The molecule has 1 aliphatic rings. The van der Waals surface area contributed by atoms with E-state index < -0.39 is 0 Å². The number of nitrogens with zero attached hydrogens (tertiary/aromatic N) is 3. The zero-order valence-corrected chi connectivity index (χ0v) is 12.0. The minimum atomic E-state index is 0.726. The molecule has 0 N–H and O–H groups in total. The van der Waals surface area contributed by atoms with Crippen molar-refractivity contribution >= 4 is 5.65 Å². The van der Waals surface area contributed by atoms with Crippen LogP contribution in [0.5, 0.6) is 0 Å². The number of piperidine rings is 1. The van der Waals surface area contributed by atoms with Crippen LogP contribution in [0.2, 0.25) is 0 Å². The van der Waals surface area contributed by atoms with Gasteiger partial charge in [-0.05, 0) is 62.0 Å². The standard InChI is InChI=1S/C16H23N3/c1-3-13-11-16-17-7-10-19(16)12-15(13)14-5-8-18(4-2)9-6-14/h7,10-12,14H,3-6,8-9H2,1-2H3. The molecule has 102 valence electrons. The Labute approximate surface area is 115 Å². The fourth-order valence-electron chi connectivity index (χ4n) is 3.25. The largest absolute Gasteiger partial charge is 0.307 e. The van der Waals surface area contributed by atoms with Crippen LogP contribution in [-0.4, -0.2) is 33.9 Å². The number of aromatic nitrogens is 2. The van der Waals surface area contributed by atoms with Gasteiger partial charge in [0.2, 0.25) is 0 Å². The second kappa shape index (κ2) is 5.33. The molecule has 3 nitrogen and oxygen atoms in total. The number of hydrogen-bond donors (Lipinski definition) is 0. The van der Waals surface area contributed by atoms with Crippen LogP contribution >= 0.6 is 0 Å². The van der Waals surface area contributed by atoms with Gasteiger partial charge in [0.05, 0.1) is 0 Å². The molecule has 0 aromatic carbocycles. The number of fused-ring (bicyclic) bond motifs is 1. The molecule has 0 radical (unpaired) electrons. The lowest BCUT2D eigenvalue weighted by Crippen LogP contribution is -2.32. The van der Waals surface area contributed by atoms with Gasteiger partial charge >= 0.3 is 0 Å². The Morgan fingerprint density at radius 1 is 1.26 bits per heavy atom. The van der Waals surface area contributed by atoms with Gasteiger partial charge in [0, 0.05) is 18.6 Å². The average molecular weight is 257 g/mol. The first kappa shape index (κ1) is 12.7. The van der Waals surface area contributed by atoms with Gasteiger partial charge in [-0.2, -0.15) is 0 Å². The molecule has 0 aliphatic carbocycles. The quantitative estimate of drug-likeness (QED) is 0.842. The van der Waals surface area contributed by atoms with Crippen molar-refractivity contribution in [2.45, 2.75) is 39.0 Å². The maximum atomic E-state index is 4.39. The first-order chi connectivity index (χ1) is 9.31. The van der Waals surface area contributed by atoms with Crippen LogP contribution in [0, 0.1) is 0 Å². The summed E-state index contributed by atoms with van der Waals surface area (Å²) in [5.41, 5.74) is 4.10. The minimum Gasteiger partial charge on any atom is -0.307 e. The maximum absolute atomic E-state index is 4.39. The zero-order chi connectivity index (χ0) is 13.2. The summed E-state index contributed by atoms with van der Waals surface area (Å²) in [6.45, 7) is 8.18. The molecule has 3 rings (SSSR count). The summed E-state index contributed by atoms with van der Waals surface area (Å²) >= 11 is 0. The predicted octanol–water partition coefficient (Wildman–Crippen LogP) is 3.10. The predicted molar refractivity (Wildman–Crippen MR) is 78.7 cm³/mol. The van der Waals surface area contributed by atoms with Crippen LogP contribution < -0.4 is 0 Å². The highest BCUT2D eigenvalue weighted by Crippen LogP contribution is 2.31. The fourth-order valence-corrected chi connectivity index (χ4v) is 3.25. The topological polar surface area (TPSA) is 20.5 Å². The van der Waals surface area contributed by atoms with Gasteiger partial charge in [-0.3, -0.25) is 0 Å². The third kappa shape index (κ3) is 2.39. The lowest BCUT2D eigenvalue weighted by molar-refractivity contribution is 0.222. The molecule has 1 saturated heterocycles. The summed E-state index contributed by atoms with van der Waals surface area (Å²) in [7, 11) is 0. The van der Waals surface area contributed by atoms with Gasteiger partial charge < -0.3 is 9.30 Å². The van der Waals surface area contributed by atoms with E-state index in [1.165, 1.54) is 38.0 Å². The summed E-state index contributed by atoms with van der Waals surface area (Å²) in [6, 6.07) is 2.27. The highest BCUT2D eigenvalue weighted by Gasteiger charge is 2.22. The highest BCUT2D eigenvalue weighted by molar-refractivity contribution is 5.45. The van der Waals surface area contributed by atoms with E-state index >= 15 is 0 Å². The zero-order valence-electron chi connectivity index (χ0n) is 12.0. The summed E-state index contributed by atoms with van der Waals surface area (Å²) in [5.74, 6) is 0.726. The van der Waals surface area contributed by atoms with Gasteiger partial charge in [0.1, 0.15) is 5.65 Å². The summed E-state index contributed by atoms with van der Waals surface area (Å²) < 4.78 is 2.17. The smallest absolute Gasteiger partial charge is 0.136 e. The normalized spacial score (nSPS) is 18.2. The molecule has 0 saturated carbocycles. The molecule has 1 aliphatic heterocycles. The van der Waals surface area contributed by atoms with Crippen molar-refractivity contribution in [2.75, 3.05) is 19.6 Å². The number of imidazole rings is 1. The second-order valence-corrected chi connectivity index (χ2v) is 5.51. The Morgan fingerprint density at radius 2 is 2.05 bits per heavy atom.